The number of nitrogens with one attached hydrogen (secondary N) is 1. The molecule has 0 saturated carbocycles. The predicted octanol–water partition coefficient (Wildman–Crippen LogP) is 3.80. The predicted molar refractivity (Wildman–Crippen MR) is 119 cm³/mol. The van der Waals surface area contributed by atoms with Gasteiger partial charge in [-0.2, -0.15) is 15.0 Å². The van der Waals surface area contributed by atoms with E-state index >= 15 is 0 Å². The SMILES string of the molecule is CC(C)(C)C(=O)n1nc(-c2cn(CC=O)c(=O)cc2C#N)cc1NCc1ccc(Cl)s1. The molecule has 0 saturated heterocycles. The van der Waals surface area contributed by atoms with Crippen molar-refractivity contribution < 1.29 is 9.59 Å². The zero-order valence-electron chi connectivity index (χ0n) is 17.2. The van der Waals surface area contributed by atoms with Gasteiger partial charge in [0.15, 0.2) is 0 Å². The third kappa shape index (κ3) is 4.93. The number of hydrogen-bond acceptors (Lipinski definition) is 7. The summed E-state index contributed by atoms with van der Waals surface area (Å²) >= 11 is 7.41. The number of halogens is 1. The number of nitriles is 1. The van der Waals surface area contributed by atoms with Crippen LogP contribution in [0.4, 0.5) is 5.82 Å². The molecule has 3 rings (SSSR count). The first-order valence-electron chi connectivity index (χ1n) is 9.35. The number of anilines is 1. The van der Waals surface area contributed by atoms with E-state index in [2.05, 4.69) is 10.4 Å². The first-order chi connectivity index (χ1) is 14.6. The van der Waals surface area contributed by atoms with Gasteiger partial charge < -0.3 is 14.7 Å². The Hall–Kier alpha value is -3.22. The van der Waals surface area contributed by atoms with E-state index in [1.165, 1.54) is 26.8 Å². The van der Waals surface area contributed by atoms with E-state index in [0.717, 1.165) is 10.9 Å². The van der Waals surface area contributed by atoms with Gasteiger partial charge in [-0.3, -0.25) is 9.59 Å². The van der Waals surface area contributed by atoms with Gasteiger partial charge in [0.1, 0.15) is 18.2 Å². The molecule has 10 heteroatoms. The van der Waals surface area contributed by atoms with Crippen LogP contribution in [0.5, 0.6) is 0 Å². The van der Waals surface area contributed by atoms with E-state index in [1.807, 2.05) is 12.1 Å². The molecule has 0 aliphatic heterocycles. The highest BCUT2D eigenvalue weighted by atomic mass is 35.5. The van der Waals surface area contributed by atoms with Gasteiger partial charge in [0.25, 0.3) is 11.5 Å². The number of carbonyl (C=O) groups excluding carboxylic acids is 2. The second-order valence-corrected chi connectivity index (χ2v) is 9.61. The largest absolute Gasteiger partial charge is 0.365 e. The maximum absolute atomic E-state index is 13.0. The summed E-state index contributed by atoms with van der Waals surface area (Å²) in [5.41, 5.74) is -0.380. The molecule has 3 aromatic heterocycles. The lowest BCUT2D eigenvalue weighted by Crippen LogP contribution is -2.28. The second kappa shape index (κ2) is 8.88. The van der Waals surface area contributed by atoms with Gasteiger partial charge >= 0.3 is 0 Å². The van der Waals surface area contributed by atoms with Crippen LogP contribution >= 0.6 is 22.9 Å². The third-order valence-electron chi connectivity index (χ3n) is 4.41. The summed E-state index contributed by atoms with van der Waals surface area (Å²) in [5.74, 6) is 0.196. The van der Waals surface area contributed by atoms with Crippen molar-refractivity contribution >= 4 is 40.9 Å². The Kier molecular flexibility index (Phi) is 6.43. The maximum atomic E-state index is 13.0. The van der Waals surface area contributed by atoms with Crippen molar-refractivity contribution in [3.05, 3.63) is 55.6 Å². The fraction of sp³-hybridized carbons (Fsp3) is 0.286. The average Bonchev–Trinajstić information content (AvgIpc) is 3.32. The Balaban J connectivity index is 2.09. The molecule has 1 N–H and O–H groups in total. The highest BCUT2D eigenvalue weighted by molar-refractivity contribution is 7.16. The number of thiophene rings is 1. The summed E-state index contributed by atoms with van der Waals surface area (Å²) in [6, 6.07) is 8.46. The van der Waals surface area contributed by atoms with Gasteiger partial charge in [-0.1, -0.05) is 32.4 Å². The topological polar surface area (TPSA) is 110 Å². The number of rotatable bonds is 6. The molecule has 0 aliphatic carbocycles. The molecule has 8 nitrogen and oxygen atoms in total. The summed E-state index contributed by atoms with van der Waals surface area (Å²) in [5, 5.41) is 17.1. The van der Waals surface area contributed by atoms with Crippen molar-refractivity contribution in [1.82, 2.24) is 14.3 Å². The van der Waals surface area contributed by atoms with Crippen LogP contribution in [0.25, 0.3) is 11.3 Å². The molecular formula is C21H20ClN5O3S. The van der Waals surface area contributed by atoms with Gasteiger partial charge in [-0.05, 0) is 12.1 Å². The number of aromatic nitrogens is 3. The highest BCUT2D eigenvalue weighted by Gasteiger charge is 2.27. The molecule has 0 aromatic carbocycles. The minimum Gasteiger partial charge on any atom is -0.365 e. The van der Waals surface area contributed by atoms with Gasteiger partial charge in [-0.25, -0.2) is 0 Å². The average molecular weight is 458 g/mol. The number of aldehydes is 1. The van der Waals surface area contributed by atoms with E-state index in [1.54, 1.807) is 32.9 Å². The van der Waals surface area contributed by atoms with E-state index in [4.69, 9.17) is 11.6 Å². The number of nitrogens with zero attached hydrogens (tertiary/aromatic N) is 4. The van der Waals surface area contributed by atoms with Crippen LogP contribution in [0.3, 0.4) is 0 Å². The Morgan fingerprint density at radius 3 is 2.68 bits per heavy atom. The van der Waals surface area contributed by atoms with Crippen LogP contribution in [0, 0.1) is 16.7 Å². The lowest BCUT2D eigenvalue weighted by atomic mass is 9.96. The van der Waals surface area contributed by atoms with E-state index in [0.29, 0.717) is 34.2 Å². The van der Waals surface area contributed by atoms with Crippen molar-refractivity contribution in [3.63, 3.8) is 0 Å². The first-order valence-corrected chi connectivity index (χ1v) is 10.5. The van der Waals surface area contributed by atoms with Crippen molar-refractivity contribution in [2.45, 2.75) is 33.9 Å². The monoisotopic (exact) mass is 457 g/mol. The van der Waals surface area contributed by atoms with Crippen molar-refractivity contribution in [3.8, 4) is 17.3 Å². The molecular weight excluding hydrogens is 438 g/mol. The zero-order valence-corrected chi connectivity index (χ0v) is 18.8. The number of hydrogen-bond donors (Lipinski definition) is 1. The van der Waals surface area contributed by atoms with Gasteiger partial charge in [0, 0.05) is 34.2 Å². The quantitative estimate of drug-likeness (QED) is 0.564. The van der Waals surface area contributed by atoms with Crippen LogP contribution in [0.1, 0.15) is 36.0 Å². The summed E-state index contributed by atoms with van der Waals surface area (Å²) in [6.45, 7) is 5.62. The van der Waals surface area contributed by atoms with Crippen LogP contribution in [-0.4, -0.2) is 26.5 Å². The standard InChI is InChI=1S/C21H20ClN5O3S/c1-21(2,3)20(30)27-18(24-11-14-4-5-17(22)31-14)9-16(25-27)15-12-26(6-7-28)19(29)8-13(15)10-23/h4-5,7-9,12,24H,6,11H2,1-3H3. The molecule has 0 amide bonds. The first kappa shape index (κ1) is 22.5. The molecule has 160 valence electrons. The van der Waals surface area contributed by atoms with E-state index in [9.17, 15) is 19.6 Å². The van der Waals surface area contributed by atoms with Gasteiger partial charge in [0.2, 0.25) is 0 Å². The Morgan fingerprint density at radius 2 is 2.10 bits per heavy atom. The normalized spacial score (nSPS) is 11.2. The van der Waals surface area contributed by atoms with Crippen LogP contribution in [0.15, 0.2) is 35.3 Å². The third-order valence-corrected chi connectivity index (χ3v) is 5.64. The minimum absolute atomic E-state index is 0.108. The fourth-order valence-corrected chi connectivity index (χ4v) is 3.86. The zero-order chi connectivity index (χ0) is 22.8. The molecule has 0 fully saturated rings. The summed E-state index contributed by atoms with van der Waals surface area (Å²) < 4.78 is 3.11. The van der Waals surface area contributed by atoms with Crippen LogP contribution in [-0.2, 0) is 17.9 Å². The van der Waals surface area contributed by atoms with Crippen molar-refractivity contribution in [2.75, 3.05) is 5.32 Å². The maximum Gasteiger partial charge on any atom is 0.254 e. The van der Waals surface area contributed by atoms with E-state index in [-0.39, 0.29) is 18.0 Å². The lowest BCUT2D eigenvalue weighted by Gasteiger charge is -2.18. The molecule has 3 aromatic rings. The molecule has 0 radical (unpaired) electrons. The van der Waals surface area contributed by atoms with Gasteiger partial charge in [0.05, 0.1) is 28.7 Å². The van der Waals surface area contributed by atoms with Gasteiger partial charge in [-0.15, -0.1) is 11.3 Å². The Labute approximate surface area is 187 Å². The summed E-state index contributed by atoms with van der Waals surface area (Å²) in [4.78, 5) is 37.0. The second-order valence-electron chi connectivity index (χ2n) is 7.81. The molecule has 0 atom stereocenters. The summed E-state index contributed by atoms with van der Waals surface area (Å²) in [7, 11) is 0. The van der Waals surface area contributed by atoms with Crippen molar-refractivity contribution in [1.29, 1.82) is 5.26 Å². The van der Waals surface area contributed by atoms with Crippen LogP contribution < -0.4 is 10.9 Å². The molecule has 3 heterocycles. The molecule has 31 heavy (non-hydrogen) atoms. The molecule has 0 spiro atoms. The number of carbonyl (C=O) groups is 2. The van der Waals surface area contributed by atoms with Crippen LogP contribution in [0.2, 0.25) is 4.34 Å². The van der Waals surface area contributed by atoms with Crippen molar-refractivity contribution in [2.24, 2.45) is 5.41 Å². The Bertz CT molecular complexity index is 1240. The molecule has 0 bridgehead atoms. The Morgan fingerprint density at radius 1 is 1.35 bits per heavy atom. The number of pyridine rings is 1. The fourth-order valence-electron chi connectivity index (χ4n) is 2.83. The molecule has 0 aliphatic rings. The minimum atomic E-state index is -0.708. The smallest absolute Gasteiger partial charge is 0.254 e. The van der Waals surface area contributed by atoms with E-state index < -0.39 is 11.0 Å². The summed E-state index contributed by atoms with van der Waals surface area (Å²) in [6.07, 6.45) is 2.00. The molecule has 0 unspecified atom stereocenters. The lowest BCUT2D eigenvalue weighted by molar-refractivity contribution is -0.108. The highest BCUT2D eigenvalue weighted by Crippen LogP contribution is 2.28.